The van der Waals surface area contributed by atoms with Crippen LogP contribution in [0.25, 0.3) is 0 Å². The van der Waals surface area contributed by atoms with Gasteiger partial charge in [-0.1, -0.05) is 6.07 Å². The van der Waals surface area contributed by atoms with Crippen LogP contribution in [0.1, 0.15) is 50.8 Å². The van der Waals surface area contributed by atoms with Crippen LogP contribution in [-0.2, 0) is 6.42 Å². The monoisotopic (exact) mass is 274 g/mol. The van der Waals surface area contributed by atoms with Gasteiger partial charge in [-0.15, -0.1) is 0 Å². The van der Waals surface area contributed by atoms with E-state index in [0.717, 1.165) is 37.9 Å². The van der Waals surface area contributed by atoms with Crippen LogP contribution in [0.4, 0.5) is 0 Å². The Balaban J connectivity index is 1.81. The van der Waals surface area contributed by atoms with Gasteiger partial charge >= 0.3 is 0 Å². The number of rotatable bonds is 0. The summed E-state index contributed by atoms with van der Waals surface area (Å²) in [4.78, 5) is 2.56. The van der Waals surface area contributed by atoms with Gasteiger partial charge in [-0.25, -0.2) is 0 Å². The van der Waals surface area contributed by atoms with Crippen LogP contribution in [0.2, 0.25) is 0 Å². The topological polar surface area (TPSA) is 49.5 Å². The number of phenols is 1. The molecule has 2 aliphatic rings. The van der Waals surface area contributed by atoms with E-state index in [2.05, 4.69) is 31.7 Å². The molecule has 3 N–H and O–H groups in total. The number of hydrogen-bond donors (Lipinski definition) is 2. The molecule has 1 atom stereocenters. The largest absolute Gasteiger partial charge is 0.508 e. The Hall–Kier alpha value is -1.06. The maximum Gasteiger partial charge on any atom is 0.115 e. The van der Waals surface area contributed by atoms with Gasteiger partial charge in [-0.05, 0) is 81.8 Å². The highest BCUT2D eigenvalue weighted by molar-refractivity contribution is 5.43. The number of phenolic OH excluding ortho intramolecular Hbond substituents is 1. The molecular formula is C17H26N2O. The summed E-state index contributed by atoms with van der Waals surface area (Å²) in [5.41, 5.74) is 9.50. The third-order valence-corrected chi connectivity index (χ3v) is 5.37. The normalized spacial score (nSPS) is 25.9. The fourth-order valence-electron chi connectivity index (χ4n) is 3.96. The molecule has 1 aliphatic heterocycles. The predicted octanol–water partition coefficient (Wildman–Crippen LogP) is 2.83. The lowest BCUT2D eigenvalue weighted by Gasteiger charge is -2.47. The fraction of sp³-hybridized carbons (Fsp3) is 0.647. The van der Waals surface area contributed by atoms with Crippen LogP contribution >= 0.6 is 0 Å². The number of hydrogen-bond acceptors (Lipinski definition) is 3. The molecule has 0 unspecified atom stereocenters. The van der Waals surface area contributed by atoms with Crippen molar-refractivity contribution in [2.75, 3.05) is 13.1 Å². The van der Waals surface area contributed by atoms with Gasteiger partial charge in [0.1, 0.15) is 5.75 Å². The van der Waals surface area contributed by atoms with Crippen molar-refractivity contribution in [1.29, 1.82) is 0 Å². The highest BCUT2D eigenvalue weighted by Gasteiger charge is 2.46. The van der Waals surface area contributed by atoms with Crippen molar-refractivity contribution in [3.05, 3.63) is 29.3 Å². The lowest BCUT2D eigenvalue weighted by atomic mass is 9.72. The van der Waals surface area contributed by atoms with Crippen LogP contribution in [0.5, 0.6) is 5.75 Å². The van der Waals surface area contributed by atoms with Crippen LogP contribution in [-0.4, -0.2) is 28.6 Å². The molecule has 1 aromatic rings. The molecule has 1 aromatic carbocycles. The van der Waals surface area contributed by atoms with Crippen LogP contribution in [0.3, 0.4) is 0 Å². The molecule has 1 aliphatic carbocycles. The summed E-state index contributed by atoms with van der Waals surface area (Å²) in [7, 11) is 0. The zero-order valence-corrected chi connectivity index (χ0v) is 12.8. The van der Waals surface area contributed by atoms with E-state index in [0.29, 0.717) is 5.75 Å². The van der Waals surface area contributed by atoms with Crippen molar-refractivity contribution >= 4 is 0 Å². The molecule has 3 rings (SSSR count). The molecule has 1 heterocycles. The molecule has 3 heteroatoms. The van der Waals surface area contributed by atoms with Gasteiger partial charge in [0, 0.05) is 11.6 Å². The van der Waals surface area contributed by atoms with Gasteiger partial charge in [-0.2, -0.15) is 0 Å². The number of aromatic hydroxyl groups is 1. The summed E-state index contributed by atoms with van der Waals surface area (Å²) >= 11 is 0. The first-order valence-electron chi connectivity index (χ1n) is 7.64. The van der Waals surface area contributed by atoms with Crippen LogP contribution in [0, 0.1) is 5.41 Å². The molecule has 110 valence electrons. The number of nitrogens with zero attached hydrogens (tertiary/aromatic N) is 1. The lowest BCUT2D eigenvalue weighted by molar-refractivity contribution is 0.0345. The third-order valence-electron chi connectivity index (χ3n) is 5.37. The summed E-state index contributed by atoms with van der Waals surface area (Å²) in [6.07, 6.45) is 3.38. The van der Waals surface area contributed by atoms with E-state index >= 15 is 0 Å². The van der Waals surface area contributed by atoms with Gasteiger partial charge in [0.05, 0.1) is 0 Å². The summed E-state index contributed by atoms with van der Waals surface area (Å²) in [6, 6.07) is 5.78. The van der Waals surface area contributed by atoms with E-state index in [1.54, 1.807) is 6.07 Å². The Bertz CT molecular complexity index is 510. The molecule has 0 radical (unpaired) electrons. The summed E-state index contributed by atoms with van der Waals surface area (Å²) in [6.45, 7) is 9.10. The average Bonchev–Trinajstić information content (AvgIpc) is 2.63. The molecule has 0 bridgehead atoms. The van der Waals surface area contributed by atoms with E-state index in [1.807, 2.05) is 6.07 Å². The van der Waals surface area contributed by atoms with Crippen molar-refractivity contribution < 1.29 is 5.11 Å². The van der Waals surface area contributed by atoms with E-state index in [4.69, 9.17) is 5.73 Å². The van der Waals surface area contributed by atoms with Gasteiger partial charge in [0.15, 0.2) is 0 Å². The maximum atomic E-state index is 9.69. The molecule has 3 nitrogen and oxygen atoms in total. The minimum atomic E-state index is 0.0757. The van der Waals surface area contributed by atoms with Crippen molar-refractivity contribution in [3.8, 4) is 5.75 Å². The predicted molar refractivity (Wildman–Crippen MR) is 81.7 cm³/mol. The Morgan fingerprint density at radius 1 is 1.25 bits per heavy atom. The molecule has 20 heavy (non-hydrogen) atoms. The summed E-state index contributed by atoms with van der Waals surface area (Å²) < 4.78 is 0. The molecule has 0 aromatic heterocycles. The van der Waals surface area contributed by atoms with E-state index in [-0.39, 0.29) is 17.0 Å². The van der Waals surface area contributed by atoms with Crippen molar-refractivity contribution in [2.24, 2.45) is 11.1 Å². The van der Waals surface area contributed by atoms with Gasteiger partial charge < -0.3 is 10.8 Å². The van der Waals surface area contributed by atoms with E-state index in [9.17, 15) is 5.11 Å². The highest BCUT2D eigenvalue weighted by Crippen LogP contribution is 2.51. The minimum Gasteiger partial charge on any atom is -0.508 e. The quantitative estimate of drug-likeness (QED) is 0.765. The number of fused-ring (bicyclic) bond motifs is 1. The third kappa shape index (κ3) is 2.13. The fourth-order valence-corrected chi connectivity index (χ4v) is 3.96. The van der Waals surface area contributed by atoms with Crippen molar-refractivity contribution in [2.45, 2.75) is 51.6 Å². The molecule has 1 saturated heterocycles. The first-order chi connectivity index (χ1) is 9.32. The number of benzene rings is 1. The van der Waals surface area contributed by atoms with E-state index < -0.39 is 0 Å². The summed E-state index contributed by atoms with van der Waals surface area (Å²) in [5, 5.41) is 9.69. The number of piperidine rings is 1. The second kappa shape index (κ2) is 4.47. The Labute approximate surface area is 121 Å². The average molecular weight is 274 g/mol. The SMILES string of the molecule is CC(C)(C)N1CCC2(CC1)Cc1ccc(O)cc1[C@H]2N. The van der Waals surface area contributed by atoms with Crippen LogP contribution in [0.15, 0.2) is 18.2 Å². The zero-order chi connectivity index (χ0) is 14.5. The highest BCUT2D eigenvalue weighted by atomic mass is 16.3. The van der Waals surface area contributed by atoms with E-state index in [1.165, 1.54) is 5.56 Å². The van der Waals surface area contributed by atoms with Gasteiger partial charge in [-0.3, -0.25) is 4.90 Å². The van der Waals surface area contributed by atoms with Crippen LogP contribution < -0.4 is 5.73 Å². The zero-order valence-electron chi connectivity index (χ0n) is 12.8. The molecule has 0 saturated carbocycles. The first kappa shape index (κ1) is 13.9. The smallest absolute Gasteiger partial charge is 0.115 e. The van der Waals surface area contributed by atoms with Gasteiger partial charge in [0.2, 0.25) is 0 Å². The van der Waals surface area contributed by atoms with Crippen molar-refractivity contribution in [1.82, 2.24) is 4.90 Å². The van der Waals surface area contributed by atoms with Gasteiger partial charge in [0.25, 0.3) is 0 Å². The molecule has 1 fully saturated rings. The molecule has 0 amide bonds. The second-order valence-electron chi connectivity index (χ2n) is 7.56. The Morgan fingerprint density at radius 2 is 1.90 bits per heavy atom. The summed E-state index contributed by atoms with van der Waals surface area (Å²) in [5.74, 6) is 0.336. The number of nitrogens with two attached hydrogens (primary N) is 1. The standard InChI is InChI=1S/C17H26N2O/c1-16(2,3)19-8-6-17(7-9-19)11-12-4-5-13(20)10-14(12)15(17)18/h4-5,10,15,20H,6-9,11,18H2,1-3H3/t15-/m1/s1. The molecular weight excluding hydrogens is 248 g/mol. The lowest BCUT2D eigenvalue weighted by Crippen LogP contribution is -2.50. The molecule has 1 spiro atoms. The van der Waals surface area contributed by atoms with Crippen molar-refractivity contribution in [3.63, 3.8) is 0 Å². The maximum absolute atomic E-state index is 9.69. The first-order valence-corrected chi connectivity index (χ1v) is 7.64. The number of likely N-dealkylation sites (tertiary alicyclic amines) is 1. The minimum absolute atomic E-state index is 0.0757. The second-order valence-corrected chi connectivity index (χ2v) is 7.56. The Kier molecular flexibility index (Phi) is 3.11. The Morgan fingerprint density at radius 3 is 2.50 bits per heavy atom.